The first-order chi connectivity index (χ1) is 15.1. The Labute approximate surface area is 181 Å². The van der Waals surface area contributed by atoms with E-state index < -0.39 is 0 Å². The summed E-state index contributed by atoms with van der Waals surface area (Å²) in [6, 6.07) is 7.93. The lowest BCUT2D eigenvalue weighted by Crippen LogP contribution is -2.54. The van der Waals surface area contributed by atoms with Crippen LogP contribution < -0.4 is 9.47 Å². The summed E-state index contributed by atoms with van der Waals surface area (Å²) >= 11 is 0. The monoisotopic (exact) mass is 425 g/mol. The Bertz CT molecular complexity index is 981. The van der Waals surface area contributed by atoms with Gasteiger partial charge in [-0.3, -0.25) is 9.59 Å². The zero-order valence-corrected chi connectivity index (χ0v) is 17.7. The van der Waals surface area contributed by atoms with E-state index >= 15 is 0 Å². The largest absolute Gasteiger partial charge is 0.454 e. The molecule has 1 unspecified atom stereocenters. The molecule has 2 fully saturated rings. The summed E-state index contributed by atoms with van der Waals surface area (Å²) in [6.07, 6.45) is 5.25. The highest BCUT2D eigenvalue weighted by Crippen LogP contribution is 2.34. The maximum atomic E-state index is 12.9. The number of carbonyl (C=O) groups is 2. The van der Waals surface area contributed by atoms with Crippen LogP contribution in [0.3, 0.4) is 0 Å². The molecule has 2 amide bonds. The molecule has 5 rings (SSSR count). The van der Waals surface area contributed by atoms with Crippen molar-refractivity contribution in [1.29, 1.82) is 0 Å². The standard InChI is InChI=1S/C23H27N3O5/c1-15(10-16-6-7-19-20(11-16)30-14-29-19)18-12-21(31-24-18)23(28)25-8-9-26(22(27)13-25)17-4-2-3-5-17/h6-7,11-12,15,17H,2-5,8-10,13-14H2,1H3. The fourth-order valence-corrected chi connectivity index (χ4v) is 4.77. The van der Waals surface area contributed by atoms with Gasteiger partial charge in [0, 0.05) is 31.1 Å². The Kier molecular flexibility index (Phi) is 5.29. The average Bonchev–Trinajstić information content (AvgIpc) is 3.54. The van der Waals surface area contributed by atoms with Crippen LogP contribution in [0.1, 0.15) is 60.3 Å². The Morgan fingerprint density at radius 2 is 1.97 bits per heavy atom. The number of benzene rings is 1. The average molecular weight is 425 g/mol. The molecule has 3 heterocycles. The first-order valence-corrected chi connectivity index (χ1v) is 11.0. The number of carbonyl (C=O) groups excluding carboxylic acids is 2. The predicted octanol–water partition coefficient (Wildman–Crippen LogP) is 2.98. The highest BCUT2D eigenvalue weighted by Gasteiger charge is 2.34. The third kappa shape index (κ3) is 3.98. The molecule has 0 bridgehead atoms. The van der Waals surface area contributed by atoms with Gasteiger partial charge in [-0.1, -0.05) is 31.0 Å². The summed E-state index contributed by atoms with van der Waals surface area (Å²) in [5.41, 5.74) is 1.82. The summed E-state index contributed by atoms with van der Waals surface area (Å²) in [7, 11) is 0. The maximum absolute atomic E-state index is 12.9. The van der Waals surface area contributed by atoms with Crippen molar-refractivity contribution < 1.29 is 23.6 Å². The van der Waals surface area contributed by atoms with Crippen LogP contribution in [0.15, 0.2) is 28.8 Å². The van der Waals surface area contributed by atoms with Gasteiger partial charge in [0.05, 0.1) is 5.69 Å². The van der Waals surface area contributed by atoms with Gasteiger partial charge in [-0.05, 0) is 37.0 Å². The van der Waals surface area contributed by atoms with Crippen molar-refractivity contribution >= 4 is 11.8 Å². The summed E-state index contributed by atoms with van der Waals surface area (Å²) in [5.74, 6) is 1.52. The SMILES string of the molecule is CC(Cc1ccc2c(c1)OCO2)c1cc(C(=O)N2CCN(C3CCCC3)C(=O)C2)on1. The van der Waals surface area contributed by atoms with Gasteiger partial charge in [0.15, 0.2) is 11.5 Å². The van der Waals surface area contributed by atoms with E-state index in [4.69, 9.17) is 14.0 Å². The quantitative estimate of drug-likeness (QED) is 0.732. The molecule has 8 heteroatoms. The van der Waals surface area contributed by atoms with Gasteiger partial charge in [0.2, 0.25) is 18.5 Å². The predicted molar refractivity (Wildman–Crippen MR) is 111 cm³/mol. The van der Waals surface area contributed by atoms with Crippen molar-refractivity contribution in [2.45, 2.75) is 51.0 Å². The van der Waals surface area contributed by atoms with Crippen LogP contribution in [0.4, 0.5) is 0 Å². The molecule has 1 aromatic heterocycles. The number of hydrogen-bond acceptors (Lipinski definition) is 6. The maximum Gasteiger partial charge on any atom is 0.293 e. The Morgan fingerprint density at radius 1 is 1.16 bits per heavy atom. The molecular formula is C23H27N3O5. The normalized spacial score (nSPS) is 19.8. The Hall–Kier alpha value is -3.03. The molecule has 1 saturated carbocycles. The van der Waals surface area contributed by atoms with Gasteiger partial charge in [0.1, 0.15) is 6.54 Å². The van der Waals surface area contributed by atoms with Crippen molar-refractivity contribution in [3.05, 3.63) is 41.3 Å². The molecule has 2 aromatic rings. The van der Waals surface area contributed by atoms with E-state index in [0.29, 0.717) is 19.1 Å². The van der Waals surface area contributed by atoms with Gasteiger partial charge in [-0.25, -0.2) is 0 Å². The van der Waals surface area contributed by atoms with Crippen molar-refractivity contribution in [1.82, 2.24) is 15.0 Å². The van der Waals surface area contributed by atoms with Crippen LogP contribution in [0, 0.1) is 0 Å². The van der Waals surface area contributed by atoms with E-state index in [1.54, 1.807) is 11.0 Å². The number of piperazine rings is 1. The van der Waals surface area contributed by atoms with Crippen molar-refractivity contribution in [3.8, 4) is 11.5 Å². The Morgan fingerprint density at radius 3 is 2.77 bits per heavy atom. The highest BCUT2D eigenvalue weighted by atomic mass is 16.7. The van der Waals surface area contributed by atoms with Crippen LogP contribution in [-0.4, -0.2) is 59.2 Å². The molecule has 3 aliphatic rings. The van der Waals surface area contributed by atoms with Crippen LogP contribution in [-0.2, 0) is 11.2 Å². The Balaban J connectivity index is 1.21. The van der Waals surface area contributed by atoms with Gasteiger partial charge in [0.25, 0.3) is 5.91 Å². The minimum absolute atomic E-state index is 0.0300. The van der Waals surface area contributed by atoms with E-state index in [2.05, 4.69) is 5.16 Å². The summed E-state index contributed by atoms with van der Waals surface area (Å²) in [4.78, 5) is 29.0. The summed E-state index contributed by atoms with van der Waals surface area (Å²) < 4.78 is 16.2. The zero-order valence-electron chi connectivity index (χ0n) is 17.7. The van der Waals surface area contributed by atoms with Crippen LogP contribution >= 0.6 is 0 Å². The van der Waals surface area contributed by atoms with Gasteiger partial charge >= 0.3 is 0 Å². The number of nitrogens with zero attached hydrogens (tertiary/aromatic N) is 3. The number of ether oxygens (including phenoxy) is 2. The molecule has 1 saturated heterocycles. The topological polar surface area (TPSA) is 85.1 Å². The van der Waals surface area contributed by atoms with Gasteiger partial charge in [-0.2, -0.15) is 0 Å². The van der Waals surface area contributed by atoms with Crippen molar-refractivity contribution in [2.75, 3.05) is 26.4 Å². The smallest absolute Gasteiger partial charge is 0.293 e. The molecule has 1 aromatic carbocycles. The second-order valence-corrected chi connectivity index (χ2v) is 8.66. The second-order valence-electron chi connectivity index (χ2n) is 8.66. The lowest BCUT2D eigenvalue weighted by atomic mass is 9.97. The third-order valence-electron chi connectivity index (χ3n) is 6.53. The molecule has 31 heavy (non-hydrogen) atoms. The summed E-state index contributed by atoms with van der Waals surface area (Å²) in [6.45, 7) is 3.53. The number of hydrogen-bond donors (Lipinski definition) is 0. The minimum atomic E-state index is -0.270. The van der Waals surface area contributed by atoms with E-state index in [-0.39, 0.29) is 36.8 Å². The first-order valence-electron chi connectivity index (χ1n) is 11.0. The molecule has 0 radical (unpaired) electrons. The number of rotatable bonds is 5. The molecule has 1 aliphatic carbocycles. The molecular weight excluding hydrogens is 398 g/mol. The lowest BCUT2D eigenvalue weighted by Gasteiger charge is -2.37. The van der Waals surface area contributed by atoms with E-state index in [1.165, 1.54) is 12.8 Å². The minimum Gasteiger partial charge on any atom is -0.454 e. The number of fused-ring (bicyclic) bond motifs is 1. The van der Waals surface area contributed by atoms with Crippen molar-refractivity contribution in [3.63, 3.8) is 0 Å². The lowest BCUT2D eigenvalue weighted by molar-refractivity contribution is -0.137. The van der Waals surface area contributed by atoms with Gasteiger partial charge < -0.3 is 23.8 Å². The first kappa shape index (κ1) is 19.9. The molecule has 164 valence electrons. The van der Waals surface area contributed by atoms with Gasteiger partial charge in [-0.15, -0.1) is 0 Å². The van der Waals surface area contributed by atoms with Crippen LogP contribution in [0.2, 0.25) is 0 Å². The second kappa shape index (κ2) is 8.24. The molecule has 1 atom stereocenters. The molecule has 0 spiro atoms. The third-order valence-corrected chi connectivity index (χ3v) is 6.53. The zero-order chi connectivity index (χ0) is 21.4. The van der Waals surface area contributed by atoms with Crippen LogP contribution in [0.5, 0.6) is 11.5 Å². The number of aromatic nitrogens is 1. The fourth-order valence-electron chi connectivity index (χ4n) is 4.77. The number of amides is 2. The van der Waals surface area contributed by atoms with Crippen molar-refractivity contribution in [2.24, 2.45) is 0 Å². The van der Waals surface area contributed by atoms with Crippen LogP contribution in [0.25, 0.3) is 0 Å². The van der Waals surface area contributed by atoms with E-state index in [9.17, 15) is 9.59 Å². The summed E-state index contributed by atoms with van der Waals surface area (Å²) in [5, 5.41) is 4.12. The van der Waals surface area contributed by atoms with E-state index in [0.717, 1.165) is 42.0 Å². The molecule has 8 nitrogen and oxygen atoms in total. The fraction of sp³-hybridized carbons (Fsp3) is 0.522. The highest BCUT2D eigenvalue weighted by molar-refractivity contribution is 5.95. The van der Waals surface area contributed by atoms with E-state index in [1.807, 2.05) is 30.0 Å². The molecule has 2 aliphatic heterocycles. The molecule has 0 N–H and O–H groups in total.